The highest BCUT2D eigenvalue weighted by molar-refractivity contribution is 7.91. The summed E-state index contributed by atoms with van der Waals surface area (Å²) in [5, 5.41) is 2.48. The van der Waals surface area contributed by atoms with E-state index in [9.17, 15) is 0 Å². The zero-order chi connectivity index (χ0) is 43.2. The third kappa shape index (κ3) is 5.97. The fourth-order valence-corrected chi connectivity index (χ4v) is 14.4. The minimum absolute atomic E-state index is 0.331. The van der Waals surface area contributed by atoms with Crippen LogP contribution >= 0.6 is 0 Å². The van der Waals surface area contributed by atoms with Crippen LogP contribution in [0.3, 0.4) is 0 Å². The van der Waals surface area contributed by atoms with Crippen LogP contribution in [0.4, 0.5) is 17.1 Å². The number of rotatable bonds is 6. The lowest BCUT2D eigenvalue weighted by atomic mass is 9.46. The summed E-state index contributed by atoms with van der Waals surface area (Å²) in [6.45, 7) is 4.79. The minimum atomic E-state index is -3.83. The van der Waals surface area contributed by atoms with Gasteiger partial charge in [0.05, 0.1) is 20.8 Å². The van der Waals surface area contributed by atoms with E-state index in [-0.39, 0.29) is 5.41 Å². The molecular weight excluding hydrogens is 801 g/mol. The van der Waals surface area contributed by atoms with E-state index in [2.05, 4.69) is 193 Å². The van der Waals surface area contributed by atoms with E-state index in [1.807, 2.05) is 24.3 Å². The molecular formula is C59H50N2O2S. The van der Waals surface area contributed by atoms with Crippen LogP contribution in [0, 0.1) is 23.7 Å². The Morgan fingerprint density at radius 2 is 0.969 bits per heavy atom. The highest BCUT2D eigenvalue weighted by atomic mass is 32.2. The zero-order valence-electron chi connectivity index (χ0n) is 36.2. The maximum Gasteiger partial charge on any atom is 0.207 e. The number of para-hydroxylation sites is 2. The van der Waals surface area contributed by atoms with Gasteiger partial charge in [0.1, 0.15) is 0 Å². The van der Waals surface area contributed by atoms with Gasteiger partial charge in [-0.1, -0.05) is 141 Å². The molecule has 0 N–H and O–H groups in total. The average molecular weight is 851 g/mol. The third-order valence-electron chi connectivity index (χ3n) is 15.0. The molecule has 2 fully saturated rings. The van der Waals surface area contributed by atoms with Crippen LogP contribution in [0.1, 0.15) is 50.7 Å². The first kappa shape index (κ1) is 38.9. The number of fused-ring (bicyclic) bond motifs is 5. The number of aromatic nitrogens is 1. The summed E-state index contributed by atoms with van der Waals surface area (Å²) in [6, 6.07) is 68.2. The molecule has 0 amide bonds. The van der Waals surface area contributed by atoms with Crippen molar-refractivity contribution in [1.29, 1.82) is 0 Å². The number of nitrogens with zero attached hydrogens (tertiary/aromatic N) is 2. The van der Waals surface area contributed by atoms with Crippen LogP contribution in [0.2, 0.25) is 0 Å². The molecule has 9 aromatic rings. The Labute approximate surface area is 376 Å². The Balaban J connectivity index is 1.00. The van der Waals surface area contributed by atoms with E-state index in [1.165, 1.54) is 21.8 Å². The quantitative estimate of drug-likeness (QED) is 0.167. The van der Waals surface area contributed by atoms with Gasteiger partial charge >= 0.3 is 0 Å². The predicted molar refractivity (Wildman–Crippen MR) is 263 cm³/mol. The summed E-state index contributed by atoms with van der Waals surface area (Å²) in [5.74, 6) is 2.00. The Bertz CT molecular complexity index is 3290. The molecule has 8 aromatic carbocycles. The lowest BCUT2D eigenvalue weighted by molar-refractivity contribution is 0.0231. The summed E-state index contributed by atoms with van der Waals surface area (Å²) in [4.78, 5) is 3.19. The average Bonchev–Trinajstić information content (AvgIpc) is 3.66. The van der Waals surface area contributed by atoms with Gasteiger partial charge < -0.3 is 9.47 Å². The van der Waals surface area contributed by atoms with E-state index < -0.39 is 9.84 Å². The maximum absolute atomic E-state index is 15.1. The lowest BCUT2D eigenvalue weighted by Crippen LogP contribution is -2.54. The fraction of sp³-hybridized carbons (Fsp3) is 0.186. The van der Waals surface area contributed by atoms with E-state index >= 15 is 8.42 Å². The summed E-state index contributed by atoms with van der Waals surface area (Å²) < 4.78 is 32.6. The van der Waals surface area contributed by atoms with Gasteiger partial charge in [-0.15, -0.1) is 0 Å². The SMILES string of the molecule is CC1CC2CC(C)CC(C1)C21c2ccccc2S(=O)(=O)c2cc(N(c3ccc(-c4cccc(-n5c6ccccc6c6ccccc65)c4)cc3)c3cccc(-c4ccccc4)c3)ccc21. The molecule has 2 heterocycles. The second kappa shape index (κ2) is 15.0. The predicted octanol–water partition coefficient (Wildman–Crippen LogP) is 15.1. The Kier molecular flexibility index (Phi) is 9.10. The molecule has 2 saturated carbocycles. The topological polar surface area (TPSA) is 42.3 Å². The smallest absolute Gasteiger partial charge is 0.207 e. The number of hydrogen-bond donors (Lipinski definition) is 0. The van der Waals surface area contributed by atoms with Crippen molar-refractivity contribution in [2.45, 2.75) is 54.7 Å². The van der Waals surface area contributed by atoms with Gasteiger partial charge in [-0.05, 0) is 149 Å². The second-order valence-corrected chi connectivity index (χ2v) is 20.7. The fourth-order valence-electron chi connectivity index (χ4n) is 12.5. The van der Waals surface area contributed by atoms with Gasteiger partial charge in [0.25, 0.3) is 0 Å². The molecule has 1 aromatic heterocycles. The third-order valence-corrected chi connectivity index (χ3v) is 16.8. The molecule has 64 heavy (non-hydrogen) atoms. The van der Waals surface area contributed by atoms with E-state index in [1.54, 1.807) is 0 Å². The Hall–Kier alpha value is -6.69. The molecule has 0 atom stereocenters. The first-order chi connectivity index (χ1) is 31.3. The first-order valence-corrected chi connectivity index (χ1v) is 24.4. The van der Waals surface area contributed by atoms with Crippen LogP contribution in [-0.4, -0.2) is 13.0 Å². The second-order valence-electron chi connectivity index (χ2n) is 18.8. The first-order valence-electron chi connectivity index (χ1n) is 22.9. The molecule has 2 bridgehead atoms. The highest BCUT2D eigenvalue weighted by Gasteiger charge is 2.59. The number of benzene rings is 8. The standard InChI is InChI=1S/C59H50N2O2S/c1-39-32-45-34-40(2)35-46(33-39)59(45)53-22-8-11-25-57(53)64(62,63)58-38-50(30-31-54(58)59)60(48-18-12-16-43(36-48)41-14-4-3-5-15-41)47-28-26-42(27-29-47)44-17-13-19-49(37-44)61-55-23-9-6-20-51(55)52-21-7-10-24-56(52)61/h3-31,36-40,45-46H,32-35H2,1-2H3. The zero-order valence-corrected chi connectivity index (χ0v) is 37.0. The van der Waals surface area contributed by atoms with Crippen molar-refractivity contribution >= 4 is 48.7 Å². The van der Waals surface area contributed by atoms with Crippen molar-refractivity contribution in [2.24, 2.45) is 23.7 Å². The minimum Gasteiger partial charge on any atom is -0.310 e. The van der Waals surface area contributed by atoms with Crippen LogP contribution in [0.5, 0.6) is 0 Å². The lowest BCUT2D eigenvalue weighted by Gasteiger charge is -2.59. The molecule has 0 radical (unpaired) electrons. The molecule has 0 unspecified atom stereocenters. The summed E-state index contributed by atoms with van der Waals surface area (Å²) in [5.41, 5.74) is 12.3. The summed E-state index contributed by atoms with van der Waals surface area (Å²) >= 11 is 0. The van der Waals surface area contributed by atoms with Gasteiger partial charge in [-0.2, -0.15) is 0 Å². The number of sulfone groups is 1. The molecule has 1 aliphatic heterocycles. The molecule has 3 aliphatic rings. The molecule has 12 rings (SSSR count). The van der Waals surface area contributed by atoms with Gasteiger partial charge in [-0.25, -0.2) is 8.42 Å². The normalized spacial score (nSPS) is 22.0. The highest BCUT2D eigenvalue weighted by Crippen LogP contribution is 2.64. The summed E-state index contributed by atoms with van der Waals surface area (Å²) in [7, 11) is -3.83. The number of hydrogen-bond acceptors (Lipinski definition) is 3. The van der Waals surface area contributed by atoms with E-state index in [4.69, 9.17) is 0 Å². The Morgan fingerprint density at radius 3 is 1.66 bits per heavy atom. The van der Waals surface area contributed by atoms with Crippen LogP contribution < -0.4 is 4.90 Å². The van der Waals surface area contributed by atoms with Gasteiger partial charge in [0, 0.05) is 38.9 Å². The van der Waals surface area contributed by atoms with E-state index in [0.29, 0.717) is 33.5 Å². The van der Waals surface area contributed by atoms with E-state index in [0.717, 1.165) is 81.8 Å². The van der Waals surface area contributed by atoms with Crippen LogP contribution in [0.25, 0.3) is 49.7 Å². The van der Waals surface area contributed by atoms with Crippen molar-refractivity contribution in [3.05, 3.63) is 205 Å². The molecule has 314 valence electrons. The van der Waals surface area contributed by atoms with Gasteiger partial charge in [-0.3, -0.25) is 0 Å². The Morgan fingerprint density at radius 1 is 0.453 bits per heavy atom. The van der Waals surface area contributed by atoms with Crippen LogP contribution in [-0.2, 0) is 15.3 Å². The van der Waals surface area contributed by atoms with Gasteiger partial charge in [0.15, 0.2) is 0 Å². The monoisotopic (exact) mass is 850 g/mol. The molecule has 2 aliphatic carbocycles. The molecule has 5 heteroatoms. The van der Waals surface area contributed by atoms with Crippen LogP contribution in [0.15, 0.2) is 204 Å². The largest absolute Gasteiger partial charge is 0.310 e. The maximum atomic E-state index is 15.1. The number of anilines is 3. The van der Waals surface area contributed by atoms with Crippen molar-refractivity contribution in [3.63, 3.8) is 0 Å². The van der Waals surface area contributed by atoms with Gasteiger partial charge in [0.2, 0.25) is 9.84 Å². The molecule has 4 nitrogen and oxygen atoms in total. The molecule has 0 saturated heterocycles. The van der Waals surface area contributed by atoms with Crippen molar-refractivity contribution in [3.8, 4) is 27.9 Å². The van der Waals surface area contributed by atoms with Crippen molar-refractivity contribution in [2.75, 3.05) is 4.90 Å². The van der Waals surface area contributed by atoms with Crippen molar-refractivity contribution < 1.29 is 8.42 Å². The summed E-state index contributed by atoms with van der Waals surface area (Å²) in [6.07, 6.45) is 4.46. The van der Waals surface area contributed by atoms with Crippen molar-refractivity contribution in [1.82, 2.24) is 4.57 Å². The molecule has 1 spiro atoms.